The summed E-state index contributed by atoms with van der Waals surface area (Å²) in [4.78, 5) is 33.6. The first kappa shape index (κ1) is 25.3. The Kier molecular flexibility index (Phi) is 6.54. The molecule has 0 spiro atoms. The second kappa shape index (κ2) is 9.32. The zero-order valence-corrected chi connectivity index (χ0v) is 21.7. The number of nitrogens with one attached hydrogen (secondary N) is 3. The number of anilines is 3. The van der Waals surface area contributed by atoms with E-state index in [1.165, 1.54) is 0 Å². The maximum absolute atomic E-state index is 13.6. The fraction of sp³-hybridized carbons (Fsp3) is 0.542. The van der Waals surface area contributed by atoms with Gasteiger partial charge in [-0.2, -0.15) is 10.1 Å². The minimum Gasteiger partial charge on any atom is -0.465 e. The van der Waals surface area contributed by atoms with Gasteiger partial charge in [-0.15, -0.1) is 5.10 Å². The Balaban J connectivity index is 1.50. The molecule has 3 aromatic heterocycles. The van der Waals surface area contributed by atoms with Crippen molar-refractivity contribution in [2.75, 3.05) is 36.4 Å². The van der Waals surface area contributed by atoms with Crippen LogP contribution in [0.3, 0.4) is 0 Å². The molecule has 4 heterocycles. The van der Waals surface area contributed by atoms with Crippen molar-refractivity contribution in [2.24, 2.45) is 10.8 Å². The molecule has 1 fully saturated rings. The Morgan fingerprint density at radius 2 is 1.83 bits per heavy atom. The van der Waals surface area contributed by atoms with Crippen LogP contribution in [0.15, 0.2) is 24.4 Å². The highest BCUT2D eigenvalue weighted by atomic mass is 16.4. The van der Waals surface area contributed by atoms with Gasteiger partial charge in [0.15, 0.2) is 11.6 Å². The fourth-order valence-corrected chi connectivity index (χ4v) is 5.00. The molecule has 0 aliphatic carbocycles. The lowest BCUT2D eigenvalue weighted by Crippen LogP contribution is -2.60. The van der Waals surface area contributed by atoms with Crippen LogP contribution in [0.4, 0.5) is 22.4 Å². The summed E-state index contributed by atoms with van der Waals surface area (Å²) < 4.78 is 1.77. The molecule has 4 rings (SSSR count). The molecule has 0 radical (unpaired) electrons. The minimum atomic E-state index is -1.13. The molecule has 1 atom stereocenters. The van der Waals surface area contributed by atoms with Crippen LogP contribution in [0.25, 0.3) is 5.52 Å². The zero-order valence-electron chi connectivity index (χ0n) is 21.7. The SMILES string of the molecule is Cc1cc(Nc2nc(N3CCN(C(=O)C(C)(C)C(NC(=O)O)C(C)(C)C)CC3)nn3cccc23)n[nH]1. The summed E-state index contributed by atoms with van der Waals surface area (Å²) in [5.41, 5.74) is 0.414. The molecule has 1 saturated heterocycles. The van der Waals surface area contributed by atoms with Gasteiger partial charge in [-0.05, 0) is 38.3 Å². The van der Waals surface area contributed by atoms with Crippen molar-refractivity contribution >= 4 is 35.1 Å². The van der Waals surface area contributed by atoms with E-state index in [1.807, 2.05) is 70.8 Å². The van der Waals surface area contributed by atoms with Gasteiger partial charge in [0.1, 0.15) is 5.52 Å². The fourth-order valence-electron chi connectivity index (χ4n) is 5.00. The molecule has 194 valence electrons. The normalized spacial score (nSPS) is 15.7. The van der Waals surface area contributed by atoms with Gasteiger partial charge in [0.2, 0.25) is 11.9 Å². The summed E-state index contributed by atoms with van der Waals surface area (Å²) in [5, 5.41) is 27.0. The summed E-state index contributed by atoms with van der Waals surface area (Å²) in [6.07, 6.45) is 0.735. The first-order valence-corrected chi connectivity index (χ1v) is 12.0. The molecule has 3 aromatic rings. The van der Waals surface area contributed by atoms with Crippen molar-refractivity contribution in [3.63, 3.8) is 0 Å². The Bertz CT molecular complexity index is 1250. The number of amides is 2. The maximum atomic E-state index is 13.6. The third kappa shape index (κ3) is 5.07. The van der Waals surface area contributed by atoms with Crippen LogP contribution in [-0.4, -0.2) is 79.0 Å². The van der Waals surface area contributed by atoms with E-state index < -0.39 is 23.0 Å². The van der Waals surface area contributed by atoms with Crippen LogP contribution < -0.4 is 15.5 Å². The molecular weight excluding hydrogens is 462 g/mol. The molecule has 0 saturated carbocycles. The first-order valence-electron chi connectivity index (χ1n) is 12.0. The lowest BCUT2D eigenvalue weighted by molar-refractivity contribution is -0.144. The monoisotopic (exact) mass is 497 g/mol. The molecular formula is C24H35N9O3. The number of aryl methyl sites for hydroxylation is 1. The quantitative estimate of drug-likeness (QED) is 0.407. The number of aromatic nitrogens is 5. The maximum Gasteiger partial charge on any atom is 0.404 e. The Labute approximate surface area is 210 Å². The predicted molar refractivity (Wildman–Crippen MR) is 137 cm³/mol. The third-order valence-corrected chi connectivity index (χ3v) is 6.59. The number of nitrogens with zero attached hydrogens (tertiary/aromatic N) is 6. The lowest BCUT2D eigenvalue weighted by Gasteiger charge is -2.45. The Morgan fingerprint density at radius 1 is 1.14 bits per heavy atom. The summed E-state index contributed by atoms with van der Waals surface area (Å²) in [6, 6.07) is 5.19. The van der Waals surface area contributed by atoms with Crippen LogP contribution in [0.1, 0.15) is 40.3 Å². The number of carbonyl (C=O) groups is 2. The highest BCUT2D eigenvalue weighted by Gasteiger charge is 2.46. The zero-order chi connectivity index (χ0) is 26.3. The van der Waals surface area contributed by atoms with E-state index in [0.717, 1.165) is 11.2 Å². The summed E-state index contributed by atoms with van der Waals surface area (Å²) in [7, 11) is 0. The number of hydrogen-bond acceptors (Lipinski definition) is 7. The van der Waals surface area contributed by atoms with E-state index in [1.54, 1.807) is 9.42 Å². The number of rotatable bonds is 6. The number of carboxylic acid groups (broad SMARTS) is 1. The largest absolute Gasteiger partial charge is 0.465 e. The summed E-state index contributed by atoms with van der Waals surface area (Å²) in [6.45, 7) is 13.4. The molecule has 0 bridgehead atoms. The van der Waals surface area contributed by atoms with E-state index in [2.05, 4.69) is 25.9 Å². The molecule has 1 aliphatic heterocycles. The van der Waals surface area contributed by atoms with Gasteiger partial charge in [0.05, 0.1) is 11.5 Å². The van der Waals surface area contributed by atoms with Crippen LogP contribution in [0, 0.1) is 17.8 Å². The highest BCUT2D eigenvalue weighted by Crippen LogP contribution is 2.36. The first-order chi connectivity index (χ1) is 16.9. The molecule has 1 unspecified atom stereocenters. The molecule has 12 nitrogen and oxygen atoms in total. The van der Waals surface area contributed by atoms with Crippen LogP contribution in [0.2, 0.25) is 0 Å². The van der Waals surface area contributed by atoms with Crippen molar-refractivity contribution in [1.82, 2.24) is 35.0 Å². The number of piperazine rings is 1. The van der Waals surface area contributed by atoms with Crippen molar-refractivity contribution in [2.45, 2.75) is 47.6 Å². The van der Waals surface area contributed by atoms with Crippen LogP contribution in [-0.2, 0) is 4.79 Å². The Hall–Kier alpha value is -3.83. The summed E-state index contributed by atoms with van der Waals surface area (Å²) >= 11 is 0. The van der Waals surface area contributed by atoms with Gasteiger partial charge in [-0.3, -0.25) is 9.89 Å². The minimum absolute atomic E-state index is 0.0751. The van der Waals surface area contributed by atoms with E-state index in [9.17, 15) is 14.7 Å². The standard InChI is InChI=1S/C24H35N9O3/c1-15-14-17(29-28-15)25-18-16-8-7-9-33(16)30-21(26-18)32-12-10-31(11-13-32)20(34)24(5,6)19(23(2,3)4)27-22(35)36/h7-9,14,19,27H,10-13H2,1-6H3,(H,35,36)(H2,25,26,28,29,30). The molecule has 0 aromatic carbocycles. The summed E-state index contributed by atoms with van der Waals surface area (Å²) in [5.74, 6) is 1.79. The van der Waals surface area contributed by atoms with Crippen molar-refractivity contribution in [3.05, 3.63) is 30.1 Å². The van der Waals surface area contributed by atoms with Crippen molar-refractivity contribution < 1.29 is 14.7 Å². The second-order valence-corrected chi connectivity index (χ2v) is 10.9. The second-order valence-electron chi connectivity index (χ2n) is 10.9. The number of carbonyl (C=O) groups excluding carboxylic acids is 1. The van der Waals surface area contributed by atoms with E-state index >= 15 is 0 Å². The van der Waals surface area contributed by atoms with E-state index in [0.29, 0.717) is 43.8 Å². The number of hydrogen-bond donors (Lipinski definition) is 4. The van der Waals surface area contributed by atoms with Gasteiger partial charge in [-0.1, -0.05) is 20.8 Å². The van der Waals surface area contributed by atoms with Crippen LogP contribution in [0.5, 0.6) is 0 Å². The molecule has 36 heavy (non-hydrogen) atoms. The van der Waals surface area contributed by atoms with Gasteiger partial charge < -0.3 is 25.5 Å². The van der Waals surface area contributed by atoms with Crippen molar-refractivity contribution in [3.8, 4) is 0 Å². The average Bonchev–Trinajstić information content (AvgIpc) is 3.45. The molecule has 2 amide bonds. The van der Waals surface area contributed by atoms with Crippen molar-refractivity contribution in [1.29, 1.82) is 0 Å². The molecule has 4 N–H and O–H groups in total. The van der Waals surface area contributed by atoms with Gasteiger partial charge >= 0.3 is 6.09 Å². The van der Waals surface area contributed by atoms with Gasteiger partial charge in [-0.25, -0.2) is 9.31 Å². The highest BCUT2D eigenvalue weighted by molar-refractivity contribution is 5.84. The Morgan fingerprint density at radius 3 is 2.42 bits per heavy atom. The molecule has 12 heteroatoms. The number of H-pyrrole nitrogens is 1. The van der Waals surface area contributed by atoms with Gasteiger partial charge in [0.25, 0.3) is 0 Å². The number of fused-ring (bicyclic) bond motifs is 1. The molecule has 1 aliphatic rings. The average molecular weight is 498 g/mol. The number of aromatic amines is 1. The van der Waals surface area contributed by atoms with E-state index in [4.69, 9.17) is 4.98 Å². The van der Waals surface area contributed by atoms with E-state index in [-0.39, 0.29) is 5.91 Å². The predicted octanol–water partition coefficient (Wildman–Crippen LogP) is 2.86. The van der Waals surface area contributed by atoms with Crippen LogP contribution >= 0.6 is 0 Å². The topological polar surface area (TPSA) is 144 Å². The van der Waals surface area contributed by atoms with Gasteiger partial charge in [0, 0.05) is 44.1 Å². The lowest BCUT2D eigenvalue weighted by atomic mass is 9.70. The smallest absolute Gasteiger partial charge is 0.404 e. The third-order valence-electron chi connectivity index (χ3n) is 6.59.